The first kappa shape index (κ1) is 25.7. The Morgan fingerprint density at radius 2 is 1.83 bits per heavy atom. The van der Waals surface area contributed by atoms with Crippen LogP contribution in [-0.4, -0.2) is 61.8 Å². The van der Waals surface area contributed by atoms with Crippen LogP contribution in [0.15, 0.2) is 23.2 Å². The third-order valence-electron chi connectivity index (χ3n) is 4.07. The van der Waals surface area contributed by atoms with E-state index in [9.17, 15) is 9.90 Å². The number of rotatable bonds is 13. The van der Waals surface area contributed by atoms with Crippen LogP contribution in [0.3, 0.4) is 0 Å². The highest BCUT2D eigenvalue weighted by Crippen LogP contribution is 2.20. The number of carbonyl (C=O) groups excluding carboxylic acids is 1. The SMILES string of the molecule is CNCCCNC(=O)[C@H](CO)NCc1cc(NC(N)=NC(C)C)cc(NC(C)C)c1. The highest BCUT2D eigenvalue weighted by Gasteiger charge is 2.16. The van der Waals surface area contributed by atoms with Gasteiger partial charge in [0.1, 0.15) is 6.04 Å². The van der Waals surface area contributed by atoms with Crippen molar-refractivity contribution in [3.05, 3.63) is 23.8 Å². The number of aliphatic imine (C=N–C) groups is 1. The largest absolute Gasteiger partial charge is 0.394 e. The van der Waals surface area contributed by atoms with Gasteiger partial charge in [-0.15, -0.1) is 0 Å². The summed E-state index contributed by atoms with van der Waals surface area (Å²) in [5, 5.41) is 25.1. The Labute approximate surface area is 180 Å². The van der Waals surface area contributed by atoms with E-state index < -0.39 is 6.04 Å². The number of aliphatic hydroxyl groups is 1. The number of anilines is 2. The first-order chi connectivity index (χ1) is 14.2. The molecule has 0 heterocycles. The van der Waals surface area contributed by atoms with Gasteiger partial charge in [-0.05, 0) is 71.5 Å². The number of nitrogens with one attached hydrogen (secondary N) is 5. The summed E-state index contributed by atoms with van der Waals surface area (Å²) in [6.07, 6.45) is 0.831. The topological polar surface area (TPSA) is 136 Å². The van der Waals surface area contributed by atoms with Crippen LogP contribution >= 0.6 is 0 Å². The molecule has 1 rings (SSSR count). The van der Waals surface area contributed by atoms with Crippen molar-refractivity contribution >= 4 is 23.2 Å². The second-order valence-corrected chi connectivity index (χ2v) is 7.81. The number of benzene rings is 1. The quantitative estimate of drug-likeness (QED) is 0.142. The lowest BCUT2D eigenvalue weighted by atomic mass is 10.1. The zero-order valence-corrected chi connectivity index (χ0v) is 18.9. The molecule has 0 bridgehead atoms. The van der Waals surface area contributed by atoms with Crippen molar-refractivity contribution in [3.8, 4) is 0 Å². The smallest absolute Gasteiger partial charge is 0.239 e. The summed E-state index contributed by atoms with van der Waals surface area (Å²) in [6, 6.07) is 5.59. The maximum Gasteiger partial charge on any atom is 0.239 e. The van der Waals surface area contributed by atoms with E-state index in [4.69, 9.17) is 5.73 Å². The molecule has 1 aromatic carbocycles. The number of nitrogens with two attached hydrogens (primary N) is 1. The van der Waals surface area contributed by atoms with E-state index in [1.165, 1.54) is 0 Å². The molecule has 0 aromatic heterocycles. The molecule has 1 aromatic rings. The van der Waals surface area contributed by atoms with Gasteiger partial charge in [-0.2, -0.15) is 0 Å². The van der Waals surface area contributed by atoms with Crippen molar-refractivity contribution < 1.29 is 9.90 Å². The monoisotopic (exact) mass is 421 g/mol. The van der Waals surface area contributed by atoms with Gasteiger partial charge < -0.3 is 32.1 Å². The van der Waals surface area contributed by atoms with Gasteiger partial charge in [-0.1, -0.05) is 0 Å². The molecule has 170 valence electrons. The molecular formula is C21H39N7O2. The summed E-state index contributed by atoms with van der Waals surface area (Å²) in [4.78, 5) is 16.6. The summed E-state index contributed by atoms with van der Waals surface area (Å²) in [7, 11) is 1.87. The average molecular weight is 422 g/mol. The Bertz CT molecular complexity index is 677. The van der Waals surface area contributed by atoms with Crippen molar-refractivity contribution in [2.75, 3.05) is 37.4 Å². The Balaban J connectivity index is 2.84. The fourth-order valence-electron chi connectivity index (χ4n) is 2.82. The summed E-state index contributed by atoms with van der Waals surface area (Å²) in [5.74, 6) is 0.136. The van der Waals surface area contributed by atoms with E-state index in [-0.39, 0.29) is 24.6 Å². The molecule has 1 amide bonds. The Hall–Kier alpha value is -2.36. The fourth-order valence-corrected chi connectivity index (χ4v) is 2.82. The lowest BCUT2D eigenvalue weighted by Crippen LogP contribution is -2.46. The van der Waals surface area contributed by atoms with E-state index in [1.54, 1.807) is 0 Å². The molecule has 0 unspecified atom stereocenters. The van der Waals surface area contributed by atoms with Gasteiger partial charge >= 0.3 is 0 Å². The normalized spacial score (nSPS) is 12.9. The maximum absolute atomic E-state index is 12.3. The van der Waals surface area contributed by atoms with E-state index >= 15 is 0 Å². The van der Waals surface area contributed by atoms with Gasteiger partial charge in [-0.3, -0.25) is 15.1 Å². The number of aliphatic hydroxyl groups excluding tert-OH is 1. The molecule has 0 radical (unpaired) electrons. The van der Waals surface area contributed by atoms with Gasteiger partial charge in [-0.25, -0.2) is 0 Å². The molecule has 0 aliphatic heterocycles. The van der Waals surface area contributed by atoms with Gasteiger partial charge in [0, 0.05) is 36.5 Å². The van der Waals surface area contributed by atoms with Crippen LogP contribution in [0, 0.1) is 0 Å². The molecule has 0 fully saturated rings. The van der Waals surface area contributed by atoms with Crippen LogP contribution in [0.2, 0.25) is 0 Å². The minimum Gasteiger partial charge on any atom is -0.394 e. The number of carbonyl (C=O) groups is 1. The zero-order valence-electron chi connectivity index (χ0n) is 18.9. The molecule has 1 atom stereocenters. The predicted molar refractivity (Wildman–Crippen MR) is 125 cm³/mol. The number of guanidine groups is 1. The lowest BCUT2D eigenvalue weighted by molar-refractivity contribution is -0.124. The van der Waals surface area contributed by atoms with Crippen molar-refractivity contribution in [1.29, 1.82) is 0 Å². The zero-order chi connectivity index (χ0) is 22.5. The molecule has 0 spiro atoms. The Morgan fingerprint density at radius 1 is 1.13 bits per heavy atom. The molecule has 0 saturated carbocycles. The predicted octanol–water partition coefficient (Wildman–Crippen LogP) is 0.818. The molecule has 0 aliphatic carbocycles. The molecule has 30 heavy (non-hydrogen) atoms. The van der Waals surface area contributed by atoms with E-state index in [0.717, 1.165) is 29.9 Å². The molecule has 9 heteroatoms. The van der Waals surface area contributed by atoms with Crippen LogP contribution < -0.4 is 32.3 Å². The van der Waals surface area contributed by atoms with Gasteiger partial charge in [0.2, 0.25) is 5.91 Å². The Morgan fingerprint density at radius 3 is 2.43 bits per heavy atom. The first-order valence-corrected chi connectivity index (χ1v) is 10.5. The summed E-state index contributed by atoms with van der Waals surface area (Å²) in [6.45, 7) is 9.57. The summed E-state index contributed by atoms with van der Waals surface area (Å²) < 4.78 is 0. The summed E-state index contributed by atoms with van der Waals surface area (Å²) >= 11 is 0. The van der Waals surface area contributed by atoms with Crippen LogP contribution in [0.4, 0.5) is 11.4 Å². The van der Waals surface area contributed by atoms with Crippen molar-refractivity contribution in [1.82, 2.24) is 16.0 Å². The molecule has 8 N–H and O–H groups in total. The standard InChI is InChI=1S/C21H39N7O2/c1-14(2)26-17-9-16(10-18(11-17)28-21(22)27-15(3)4)12-25-19(13-29)20(30)24-8-6-7-23-5/h9-11,14-15,19,23,25-26,29H,6-8,12-13H2,1-5H3,(H,24,30)(H3,22,27,28)/t19-/m0/s1. The van der Waals surface area contributed by atoms with Crippen LogP contribution in [0.5, 0.6) is 0 Å². The highest BCUT2D eigenvalue weighted by atomic mass is 16.3. The second kappa shape index (κ2) is 13.8. The number of nitrogens with zero attached hydrogens (tertiary/aromatic N) is 1. The van der Waals surface area contributed by atoms with Crippen LogP contribution in [0.1, 0.15) is 39.7 Å². The van der Waals surface area contributed by atoms with E-state index in [1.807, 2.05) is 39.1 Å². The number of amides is 1. The molecule has 0 saturated heterocycles. The van der Waals surface area contributed by atoms with Gasteiger partial charge in [0.05, 0.1) is 6.61 Å². The second-order valence-electron chi connectivity index (χ2n) is 7.81. The van der Waals surface area contributed by atoms with Crippen LogP contribution in [0.25, 0.3) is 0 Å². The molecule has 0 aliphatic rings. The average Bonchev–Trinajstić information content (AvgIpc) is 2.64. The minimum atomic E-state index is -0.676. The van der Waals surface area contributed by atoms with Gasteiger partial charge in [0.25, 0.3) is 0 Å². The number of hydrogen-bond acceptors (Lipinski definition) is 6. The minimum absolute atomic E-state index is 0.0903. The maximum atomic E-state index is 12.3. The van der Waals surface area contributed by atoms with Crippen molar-refractivity contribution in [2.45, 2.75) is 58.8 Å². The first-order valence-electron chi connectivity index (χ1n) is 10.5. The van der Waals surface area contributed by atoms with Crippen LogP contribution in [-0.2, 0) is 11.3 Å². The van der Waals surface area contributed by atoms with Gasteiger partial charge in [0.15, 0.2) is 5.96 Å². The fraction of sp³-hybridized carbons (Fsp3) is 0.619. The third-order valence-corrected chi connectivity index (χ3v) is 4.07. The highest BCUT2D eigenvalue weighted by molar-refractivity contribution is 5.93. The molecular weight excluding hydrogens is 382 g/mol. The van der Waals surface area contributed by atoms with E-state index in [2.05, 4.69) is 45.4 Å². The van der Waals surface area contributed by atoms with Crippen molar-refractivity contribution in [2.24, 2.45) is 10.7 Å². The van der Waals surface area contributed by atoms with E-state index in [0.29, 0.717) is 19.0 Å². The lowest BCUT2D eigenvalue weighted by Gasteiger charge is -2.18. The summed E-state index contributed by atoms with van der Waals surface area (Å²) in [5.41, 5.74) is 8.65. The Kier molecular flexibility index (Phi) is 11.8. The number of hydrogen-bond donors (Lipinski definition) is 7. The third kappa shape index (κ3) is 10.4. The molecule has 9 nitrogen and oxygen atoms in total. The van der Waals surface area contributed by atoms with Crippen molar-refractivity contribution in [3.63, 3.8) is 0 Å².